The summed E-state index contributed by atoms with van der Waals surface area (Å²) < 4.78 is 6.59. The van der Waals surface area contributed by atoms with Crippen molar-refractivity contribution in [1.29, 1.82) is 0 Å². The lowest BCUT2D eigenvalue weighted by molar-refractivity contribution is 0.0391. The molecule has 4 aromatic rings. The van der Waals surface area contributed by atoms with E-state index in [1.165, 1.54) is 11.1 Å². The average Bonchev–Trinajstić information content (AvgIpc) is 3.23. The number of thiazole rings is 1. The Morgan fingerprint density at radius 3 is 2.66 bits per heavy atom. The van der Waals surface area contributed by atoms with E-state index in [9.17, 15) is 4.79 Å². The Hall–Kier alpha value is -2.94. The number of aryl methyl sites for hydroxylation is 2. The lowest BCUT2D eigenvalue weighted by Gasteiger charge is -2.29. The molecule has 32 heavy (non-hydrogen) atoms. The molecule has 0 radical (unpaired) electrons. The second-order valence-corrected chi connectivity index (χ2v) is 9.07. The molecule has 0 atom stereocenters. The van der Waals surface area contributed by atoms with Gasteiger partial charge in [0.15, 0.2) is 5.13 Å². The Morgan fingerprint density at radius 2 is 1.84 bits per heavy atom. The summed E-state index contributed by atoms with van der Waals surface area (Å²) in [6.07, 6.45) is 3.30. The number of aromatic nitrogens is 3. The molecular formula is C24H25N5O2S. The van der Waals surface area contributed by atoms with E-state index in [0.29, 0.717) is 17.6 Å². The standard InChI is InChI=1S/C24H25N5O2S/c1-16-13-17(2)22-21(14-16)27-24(32-22)29(8-7-28-9-11-31-12-10-28)23(30)18-3-4-19-20(15-18)26-6-5-25-19/h3-6,13-15H,7-12H2,1-2H3. The smallest absolute Gasteiger partial charge is 0.260 e. The van der Waals surface area contributed by atoms with Crippen molar-refractivity contribution < 1.29 is 9.53 Å². The quantitative estimate of drug-likeness (QED) is 0.463. The van der Waals surface area contributed by atoms with Crippen LogP contribution in [0.4, 0.5) is 5.13 Å². The van der Waals surface area contributed by atoms with Gasteiger partial charge in [-0.15, -0.1) is 0 Å². The van der Waals surface area contributed by atoms with E-state index in [1.54, 1.807) is 23.7 Å². The van der Waals surface area contributed by atoms with Gasteiger partial charge in [0.25, 0.3) is 5.91 Å². The molecule has 5 rings (SSSR count). The van der Waals surface area contributed by atoms with E-state index in [2.05, 4.69) is 40.8 Å². The van der Waals surface area contributed by atoms with E-state index in [-0.39, 0.29) is 5.91 Å². The molecule has 8 heteroatoms. The number of anilines is 1. The minimum Gasteiger partial charge on any atom is -0.379 e. The van der Waals surface area contributed by atoms with Crippen molar-refractivity contribution in [2.75, 3.05) is 44.3 Å². The van der Waals surface area contributed by atoms with Crippen molar-refractivity contribution in [2.45, 2.75) is 13.8 Å². The van der Waals surface area contributed by atoms with Crippen LogP contribution in [0, 0.1) is 13.8 Å². The van der Waals surface area contributed by atoms with Gasteiger partial charge in [-0.2, -0.15) is 0 Å². The fourth-order valence-corrected chi connectivity index (χ4v) is 5.12. The van der Waals surface area contributed by atoms with Crippen molar-refractivity contribution >= 4 is 43.6 Å². The number of fused-ring (bicyclic) bond motifs is 2. The van der Waals surface area contributed by atoms with Gasteiger partial charge in [0, 0.05) is 44.1 Å². The molecule has 1 amide bonds. The van der Waals surface area contributed by atoms with Crippen LogP contribution in [0.3, 0.4) is 0 Å². The van der Waals surface area contributed by atoms with E-state index in [1.807, 2.05) is 23.1 Å². The van der Waals surface area contributed by atoms with Crippen LogP contribution in [0.15, 0.2) is 42.7 Å². The number of carbonyl (C=O) groups is 1. The molecule has 1 fully saturated rings. The average molecular weight is 448 g/mol. The van der Waals surface area contributed by atoms with Gasteiger partial charge in [0.2, 0.25) is 0 Å². The second-order valence-electron chi connectivity index (χ2n) is 8.10. The number of hydrogen-bond donors (Lipinski definition) is 0. The van der Waals surface area contributed by atoms with Gasteiger partial charge in [0.05, 0.1) is 34.5 Å². The molecule has 164 valence electrons. The fraction of sp³-hybridized carbons (Fsp3) is 0.333. The summed E-state index contributed by atoms with van der Waals surface area (Å²) in [6, 6.07) is 9.73. The summed E-state index contributed by atoms with van der Waals surface area (Å²) in [7, 11) is 0. The number of benzene rings is 2. The molecule has 2 aromatic heterocycles. The molecule has 3 heterocycles. The molecule has 0 bridgehead atoms. The first-order chi connectivity index (χ1) is 15.6. The van der Waals surface area contributed by atoms with Crippen molar-refractivity contribution in [3.05, 3.63) is 59.4 Å². The number of ether oxygens (including phenoxy) is 1. The monoisotopic (exact) mass is 447 g/mol. The second kappa shape index (κ2) is 8.90. The van der Waals surface area contributed by atoms with Crippen LogP contribution < -0.4 is 4.90 Å². The summed E-state index contributed by atoms with van der Waals surface area (Å²) in [6.45, 7) is 8.74. The van der Waals surface area contributed by atoms with Crippen molar-refractivity contribution in [2.24, 2.45) is 0 Å². The van der Waals surface area contributed by atoms with Gasteiger partial charge >= 0.3 is 0 Å². The maximum atomic E-state index is 13.7. The third-order valence-corrected chi connectivity index (χ3v) is 6.97. The molecule has 7 nitrogen and oxygen atoms in total. The van der Waals surface area contributed by atoms with Crippen molar-refractivity contribution in [1.82, 2.24) is 19.9 Å². The number of rotatable bonds is 5. The molecule has 0 aliphatic carbocycles. The van der Waals surface area contributed by atoms with E-state index in [0.717, 1.165) is 53.7 Å². The third-order valence-electron chi connectivity index (χ3n) is 5.74. The number of amides is 1. The SMILES string of the molecule is Cc1cc(C)c2sc(N(CCN3CCOCC3)C(=O)c3ccc4nccnc4c3)nc2c1. The number of carbonyl (C=O) groups excluding carboxylic acids is 1. The molecule has 0 N–H and O–H groups in total. The molecule has 0 unspecified atom stereocenters. The van der Waals surface area contributed by atoms with E-state index < -0.39 is 0 Å². The molecule has 2 aromatic carbocycles. The Balaban J connectivity index is 1.50. The normalized spacial score (nSPS) is 14.8. The highest BCUT2D eigenvalue weighted by Crippen LogP contribution is 2.33. The topological polar surface area (TPSA) is 71.5 Å². The summed E-state index contributed by atoms with van der Waals surface area (Å²) in [4.78, 5) is 31.4. The summed E-state index contributed by atoms with van der Waals surface area (Å²) >= 11 is 1.58. The van der Waals surface area contributed by atoms with E-state index in [4.69, 9.17) is 9.72 Å². The molecule has 1 aliphatic rings. The lowest BCUT2D eigenvalue weighted by Crippen LogP contribution is -2.43. The predicted octanol–water partition coefficient (Wildman–Crippen LogP) is 3.84. The predicted molar refractivity (Wildman–Crippen MR) is 128 cm³/mol. The summed E-state index contributed by atoms with van der Waals surface area (Å²) in [5, 5.41) is 0.728. The van der Waals surface area contributed by atoms with Crippen LogP contribution in [0.2, 0.25) is 0 Å². The lowest BCUT2D eigenvalue weighted by atomic mass is 10.1. The van der Waals surface area contributed by atoms with Gasteiger partial charge in [-0.05, 0) is 49.2 Å². The van der Waals surface area contributed by atoms with Crippen LogP contribution >= 0.6 is 11.3 Å². The van der Waals surface area contributed by atoms with Crippen molar-refractivity contribution in [3.8, 4) is 0 Å². The van der Waals surface area contributed by atoms with Crippen LogP contribution in [0.25, 0.3) is 21.3 Å². The van der Waals surface area contributed by atoms with Gasteiger partial charge < -0.3 is 4.74 Å². The minimum absolute atomic E-state index is 0.0701. The summed E-state index contributed by atoms with van der Waals surface area (Å²) in [5.74, 6) is -0.0701. The molecule has 0 spiro atoms. The molecule has 1 saturated heterocycles. The zero-order chi connectivity index (χ0) is 22.1. The summed E-state index contributed by atoms with van der Waals surface area (Å²) in [5.41, 5.74) is 5.37. The number of hydrogen-bond acceptors (Lipinski definition) is 7. The maximum absolute atomic E-state index is 13.7. The van der Waals surface area contributed by atoms with Crippen LogP contribution in [0.1, 0.15) is 21.5 Å². The molecule has 0 saturated carbocycles. The molecular weight excluding hydrogens is 422 g/mol. The highest BCUT2D eigenvalue weighted by atomic mass is 32.1. The highest BCUT2D eigenvalue weighted by Gasteiger charge is 2.23. The zero-order valence-corrected chi connectivity index (χ0v) is 19.1. The van der Waals surface area contributed by atoms with E-state index >= 15 is 0 Å². The van der Waals surface area contributed by atoms with Gasteiger partial charge in [-0.1, -0.05) is 17.4 Å². The Bertz CT molecular complexity index is 1280. The Morgan fingerprint density at radius 1 is 1.06 bits per heavy atom. The van der Waals surface area contributed by atoms with Crippen LogP contribution in [-0.2, 0) is 4.74 Å². The van der Waals surface area contributed by atoms with Gasteiger partial charge in [0.1, 0.15) is 0 Å². The first-order valence-corrected chi connectivity index (χ1v) is 11.6. The number of morpholine rings is 1. The first-order valence-electron chi connectivity index (χ1n) is 10.8. The fourth-order valence-electron chi connectivity index (χ4n) is 4.08. The Labute approximate surface area is 190 Å². The maximum Gasteiger partial charge on any atom is 0.260 e. The van der Waals surface area contributed by atoms with Crippen LogP contribution in [-0.4, -0.2) is 65.2 Å². The minimum atomic E-state index is -0.0701. The highest BCUT2D eigenvalue weighted by molar-refractivity contribution is 7.22. The van der Waals surface area contributed by atoms with Gasteiger partial charge in [-0.25, -0.2) is 4.98 Å². The van der Waals surface area contributed by atoms with Crippen LogP contribution in [0.5, 0.6) is 0 Å². The Kier molecular flexibility index (Phi) is 5.82. The molecule has 1 aliphatic heterocycles. The third kappa shape index (κ3) is 4.21. The number of nitrogens with zero attached hydrogens (tertiary/aromatic N) is 5. The van der Waals surface area contributed by atoms with Gasteiger partial charge in [-0.3, -0.25) is 24.6 Å². The largest absolute Gasteiger partial charge is 0.379 e. The van der Waals surface area contributed by atoms with Crippen molar-refractivity contribution in [3.63, 3.8) is 0 Å². The first kappa shape index (κ1) is 20.9. The zero-order valence-electron chi connectivity index (χ0n) is 18.2.